The fraction of sp³-hybridized carbons (Fsp3) is 0.767. The van der Waals surface area contributed by atoms with E-state index in [0.717, 1.165) is 51.4 Å². The summed E-state index contributed by atoms with van der Waals surface area (Å²) in [5.74, 6) is -0.963. The molecule has 1 rings (SSSR count). The summed E-state index contributed by atoms with van der Waals surface area (Å²) in [6.07, 6.45) is 44.3. The van der Waals surface area contributed by atoms with E-state index in [9.17, 15) is 14.2 Å². The third-order valence-electron chi connectivity index (χ3n) is 9.22. The van der Waals surface area contributed by atoms with Crippen molar-refractivity contribution in [2.75, 3.05) is 13.2 Å². The zero-order valence-corrected chi connectivity index (χ0v) is 34.2. The number of carbonyl (C=O) groups excluding carboxylic acids is 2. The Morgan fingerprint density at radius 3 is 1.66 bits per heavy atom. The number of phosphoric ester groups is 1. The highest BCUT2D eigenvalue weighted by molar-refractivity contribution is 7.46. The summed E-state index contributed by atoms with van der Waals surface area (Å²) in [5.41, 5.74) is 0. The van der Waals surface area contributed by atoms with Crippen LogP contribution in [0.25, 0.3) is 0 Å². The molecule has 53 heavy (non-hydrogen) atoms. The number of unbranched alkanes of at least 4 members (excludes halogenated alkanes) is 17. The predicted molar refractivity (Wildman–Crippen MR) is 215 cm³/mol. The first-order chi connectivity index (χ1) is 25.7. The van der Waals surface area contributed by atoms with Crippen molar-refractivity contribution in [3.8, 4) is 0 Å². The molecule has 306 valence electrons. The minimum absolute atomic E-state index is 0.181. The molecule has 3 atom stereocenters. The second kappa shape index (κ2) is 34.5. The number of carbonyl (C=O) groups is 2. The van der Waals surface area contributed by atoms with E-state index in [4.69, 9.17) is 24.0 Å². The van der Waals surface area contributed by atoms with Gasteiger partial charge in [0.05, 0.1) is 18.8 Å². The smallest absolute Gasteiger partial charge is 0.462 e. The Morgan fingerprint density at radius 1 is 0.585 bits per heavy atom. The Bertz CT molecular complexity index is 1060. The molecular formula is C43H75O9P. The van der Waals surface area contributed by atoms with E-state index in [-0.39, 0.29) is 31.7 Å². The Hall–Kier alpha value is -2.03. The molecule has 0 amide bonds. The molecule has 2 N–H and O–H groups in total. The van der Waals surface area contributed by atoms with Gasteiger partial charge in [0.25, 0.3) is 0 Å². The van der Waals surface area contributed by atoms with Crippen LogP contribution in [0.4, 0.5) is 0 Å². The van der Waals surface area contributed by atoms with Crippen LogP contribution >= 0.6 is 7.82 Å². The second-order valence-corrected chi connectivity index (χ2v) is 15.6. The third-order valence-corrected chi connectivity index (χ3v) is 9.71. The van der Waals surface area contributed by atoms with Crippen LogP contribution in [0.3, 0.4) is 0 Å². The van der Waals surface area contributed by atoms with Gasteiger partial charge in [-0.1, -0.05) is 140 Å². The lowest BCUT2D eigenvalue weighted by atomic mass is 10.1. The van der Waals surface area contributed by atoms with Crippen LogP contribution in [0.5, 0.6) is 0 Å². The van der Waals surface area contributed by atoms with Crippen molar-refractivity contribution < 1.29 is 42.7 Å². The number of epoxide rings is 1. The molecule has 10 heteroatoms. The first kappa shape index (κ1) is 49.0. The number of hydrogen-bond donors (Lipinski definition) is 2. The highest BCUT2D eigenvalue weighted by atomic mass is 31.2. The molecule has 2 unspecified atom stereocenters. The van der Waals surface area contributed by atoms with Gasteiger partial charge in [0, 0.05) is 12.8 Å². The Kier molecular flexibility index (Phi) is 31.9. The average molecular weight is 767 g/mol. The summed E-state index contributed by atoms with van der Waals surface area (Å²) < 4.78 is 32.1. The molecular weight excluding hydrogens is 691 g/mol. The topological polar surface area (TPSA) is 132 Å². The van der Waals surface area contributed by atoms with Gasteiger partial charge < -0.3 is 24.0 Å². The lowest BCUT2D eigenvalue weighted by molar-refractivity contribution is -0.161. The van der Waals surface area contributed by atoms with Gasteiger partial charge >= 0.3 is 19.8 Å². The van der Waals surface area contributed by atoms with Crippen molar-refractivity contribution in [2.24, 2.45) is 0 Å². The van der Waals surface area contributed by atoms with Gasteiger partial charge in [-0.15, -0.1) is 0 Å². The molecule has 0 aliphatic carbocycles. The molecule has 0 saturated carbocycles. The highest BCUT2D eigenvalue weighted by Crippen LogP contribution is 2.36. The van der Waals surface area contributed by atoms with E-state index >= 15 is 0 Å². The quantitative estimate of drug-likeness (QED) is 0.0208. The minimum Gasteiger partial charge on any atom is -0.462 e. The Balaban J connectivity index is 2.11. The van der Waals surface area contributed by atoms with Crippen molar-refractivity contribution in [3.05, 3.63) is 48.6 Å². The molecule has 9 nitrogen and oxygen atoms in total. The van der Waals surface area contributed by atoms with E-state index < -0.39 is 32.5 Å². The average Bonchev–Trinajstić information content (AvgIpc) is 3.88. The maximum atomic E-state index is 12.4. The monoisotopic (exact) mass is 767 g/mol. The van der Waals surface area contributed by atoms with E-state index in [1.54, 1.807) is 0 Å². The van der Waals surface area contributed by atoms with Crippen LogP contribution in [-0.4, -0.2) is 53.3 Å². The van der Waals surface area contributed by atoms with Crippen LogP contribution in [0, 0.1) is 0 Å². The van der Waals surface area contributed by atoms with Gasteiger partial charge in [-0.2, -0.15) is 0 Å². The first-order valence-corrected chi connectivity index (χ1v) is 22.6. The van der Waals surface area contributed by atoms with Gasteiger partial charge in [-0.25, -0.2) is 4.57 Å². The third kappa shape index (κ3) is 34.2. The van der Waals surface area contributed by atoms with E-state index in [0.29, 0.717) is 19.3 Å². The van der Waals surface area contributed by atoms with Gasteiger partial charge in [0.15, 0.2) is 6.10 Å². The van der Waals surface area contributed by atoms with Gasteiger partial charge in [-0.05, 0) is 77.0 Å². The maximum Gasteiger partial charge on any atom is 0.469 e. The number of phosphoric acid groups is 1. The zero-order valence-electron chi connectivity index (χ0n) is 33.3. The largest absolute Gasteiger partial charge is 0.469 e. The Labute approximate surface area is 322 Å². The van der Waals surface area contributed by atoms with Gasteiger partial charge in [0.1, 0.15) is 6.61 Å². The minimum atomic E-state index is -4.77. The number of allylic oxidation sites excluding steroid dienone is 6. The lowest BCUT2D eigenvalue weighted by Gasteiger charge is -2.18. The molecule has 0 bridgehead atoms. The summed E-state index contributed by atoms with van der Waals surface area (Å²) in [6.45, 7) is 3.59. The van der Waals surface area contributed by atoms with E-state index in [1.807, 2.05) is 6.08 Å². The summed E-state index contributed by atoms with van der Waals surface area (Å²) >= 11 is 0. The first-order valence-electron chi connectivity index (χ1n) is 21.1. The van der Waals surface area contributed by atoms with E-state index in [1.165, 1.54) is 83.5 Å². The molecule has 1 aliphatic heterocycles. The van der Waals surface area contributed by atoms with Crippen LogP contribution in [0.15, 0.2) is 48.6 Å². The van der Waals surface area contributed by atoms with Crippen molar-refractivity contribution >= 4 is 19.8 Å². The number of rotatable bonds is 37. The van der Waals surface area contributed by atoms with Gasteiger partial charge in [0.2, 0.25) is 0 Å². The van der Waals surface area contributed by atoms with Gasteiger partial charge in [-0.3, -0.25) is 14.1 Å². The van der Waals surface area contributed by atoms with Crippen LogP contribution in [-0.2, 0) is 32.9 Å². The normalized spacial score (nSPS) is 16.8. The molecule has 0 aromatic heterocycles. The van der Waals surface area contributed by atoms with E-state index in [2.05, 4.69) is 60.9 Å². The SMILES string of the molecule is CCCCC/C=C\C/C=C\CC1OC1C/C=C\CCCC(=O)OC[C@H](COP(=O)(O)O)OC(=O)CCCCCCCCC/C=C\CCCCCCCC. The fourth-order valence-electron chi connectivity index (χ4n) is 5.93. The summed E-state index contributed by atoms with van der Waals surface area (Å²) in [4.78, 5) is 42.9. The fourth-order valence-corrected chi connectivity index (χ4v) is 6.29. The molecule has 0 radical (unpaired) electrons. The highest BCUT2D eigenvalue weighted by Gasteiger charge is 2.36. The predicted octanol–water partition coefficient (Wildman–Crippen LogP) is 11.7. The molecule has 0 spiro atoms. The van der Waals surface area contributed by atoms with Crippen LogP contribution in [0.1, 0.15) is 181 Å². The number of esters is 2. The van der Waals surface area contributed by atoms with Crippen LogP contribution in [0.2, 0.25) is 0 Å². The summed E-state index contributed by atoms with van der Waals surface area (Å²) in [6, 6.07) is 0. The second-order valence-electron chi connectivity index (χ2n) is 14.3. The standard InChI is InChI=1S/C43H75O9P/c1-3-5-7-9-11-13-14-15-16-17-18-19-20-22-24-26-32-36-43(45)51-39(38-50-53(46,47)48)37-49-42(44)35-31-28-27-30-34-41-40(52-41)33-29-25-23-21-12-10-8-6-4-2/h12,15-16,21,25,27,29-30,39-41H,3-11,13-14,17-20,22-24,26,28,31-38H2,1-2H3,(H2,46,47,48)/b16-15-,21-12-,29-25-,30-27-/t39-,40?,41?/m1/s1. The number of hydrogen-bond acceptors (Lipinski definition) is 7. The lowest BCUT2D eigenvalue weighted by Crippen LogP contribution is -2.29. The van der Waals surface area contributed by atoms with Crippen molar-refractivity contribution in [1.29, 1.82) is 0 Å². The summed E-state index contributed by atoms with van der Waals surface area (Å²) in [7, 11) is -4.77. The Morgan fingerprint density at radius 2 is 1.04 bits per heavy atom. The molecule has 0 aromatic rings. The van der Waals surface area contributed by atoms with Crippen molar-refractivity contribution in [3.63, 3.8) is 0 Å². The molecule has 1 saturated heterocycles. The summed E-state index contributed by atoms with van der Waals surface area (Å²) in [5, 5.41) is 0. The molecule has 0 aromatic carbocycles. The molecule has 1 aliphatic rings. The van der Waals surface area contributed by atoms with Crippen molar-refractivity contribution in [2.45, 2.75) is 199 Å². The molecule has 1 heterocycles. The maximum absolute atomic E-state index is 12.4. The van der Waals surface area contributed by atoms with Crippen molar-refractivity contribution in [1.82, 2.24) is 0 Å². The molecule has 1 fully saturated rings. The zero-order chi connectivity index (χ0) is 38.7. The number of ether oxygens (including phenoxy) is 3. The van der Waals surface area contributed by atoms with Crippen LogP contribution < -0.4 is 0 Å².